The molecule has 0 unspecified atom stereocenters. The number of allylic oxidation sites excluding steroid dienone is 3. The second-order valence-corrected chi connectivity index (χ2v) is 10.5. The summed E-state index contributed by atoms with van der Waals surface area (Å²) in [6.07, 6.45) is 8.81. The summed E-state index contributed by atoms with van der Waals surface area (Å²) in [4.78, 5) is 30.6. The second-order valence-electron chi connectivity index (χ2n) is 10.5. The van der Waals surface area contributed by atoms with E-state index in [0.717, 1.165) is 11.1 Å². The van der Waals surface area contributed by atoms with Gasteiger partial charge in [0.15, 0.2) is 5.89 Å². The molecule has 200 valence electrons. The number of hydrogen-bond donors (Lipinski definition) is 1. The van der Waals surface area contributed by atoms with Crippen LogP contribution < -0.4 is 0 Å². The van der Waals surface area contributed by atoms with Crippen LogP contribution in [-0.4, -0.2) is 34.1 Å². The molecule has 1 rings (SSSR count). The Labute approximate surface area is 217 Å². The normalized spacial score (nSPS) is 17.0. The fraction of sp³-hybridized carbons (Fsp3) is 0.567. The smallest absolute Gasteiger partial charge is 0.306 e. The molecule has 1 aromatic rings. The number of ketones is 1. The first-order chi connectivity index (χ1) is 16.7. The molecule has 1 heterocycles. The van der Waals surface area contributed by atoms with Gasteiger partial charge >= 0.3 is 5.97 Å². The molecule has 5 atom stereocenters. The van der Waals surface area contributed by atoms with Crippen molar-refractivity contribution in [3.8, 4) is 0 Å². The highest BCUT2D eigenvalue weighted by Crippen LogP contribution is 2.35. The van der Waals surface area contributed by atoms with Crippen LogP contribution in [-0.2, 0) is 14.3 Å². The van der Waals surface area contributed by atoms with E-state index in [1.165, 1.54) is 0 Å². The number of oxazole rings is 1. The van der Waals surface area contributed by atoms with E-state index in [1.54, 1.807) is 32.3 Å². The van der Waals surface area contributed by atoms with Crippen LogP contribution in [0, 0.1) is 30.1 Å². The molecule has 0 aliphatic heterocycles. The number of hydrogen-bond acceptors (Lipinski definition) is 6. The summed E-state index contributed by atoms with van der Waals surface area (Å²) < 4.78 is 11.2. The van der Waals surface area contributed by atoms with Gasteiger partial charge in [-0.05, 0) is 43.8 Å². The third-order valence-electron chi connectivity index (χ3n) is 7.16. The lowest BCUT2D eigenvalue weighted by Gasteiger charge is -2.35. The van der Waals surface area contributed by atoms with Crippen molar-refractivity contribution in [2.24, 2.45) is 23.2 Å². The van der Waals surface area contributed by atoms with E-state index in [1.807, 2.05) is 53.7 Å². The Morgan fingerprint density at radius 3 is 2.36 bits per heavy atom. The van der Waals surface area contributed by atoms with Gasteiger partial charge in [-0.25, -0.2) is 4.98 Å². The minimum absolute atomic E-state index is 0.0650. The van der Waals surface area contributed by atoms with Crippen LogP contribution in [0.15, 0.2) is 53.2 Å². The van der Waals surface area contributed by atoms with Crippen LogP contribution in [0.3, 0.4) is 0 Å². The van der Waals surface area contributed by atoms with Crippen molar-refractivity contribution in [1.82, 2.24) is 4.98 Å². The standard InChI is InChI=1S/C30H45NO5/c1-11-13-20(4)28(33)23(7)29(34)30(9,10)22(6)17-27(32)36-26(15-14-19(3)12-2)21(5)16-25-18-35-24(8)31-25/h11-12,14,16,18,20,22-23,26,28,33H,1-2,13,15,17H2,3-10H3/b19-14-,21-16+/t20-,22-,23+,26-,28-/m0/s1. The van der Waals surface area contributed by atoms with Gasteiger partial charge in [0.1, 0.15) is 23.8 Å². The summed E-state index contributed by atoms with van der Waals surface area (Å²) in [7, 11) is 0. The summed E-state index contributed by atoms with van der Waals surface area (Å²) >= 11 is 0. The number of nitrogens with zero attached hydrogens (tertiary/aromatic N) is 1. The molecule has 0 amide bonds. The SMILES string of the molecule is C=CC[C@H](C)[C@H](O)[C@@H](C)C(=O)C(C)(C)[C@@H](C)CC(=O)O[C@@H](C/C=C(/C)C=C)/C(C)=C/c1coc(C)n1. The number of esters is 1. The molecule has 6 nitrogen and oxygen atoms in total. The summed E-state index contributed by atoms with van der Waals surface area (Å²) in [6, 6.07) is 0. The second kappa shape index (κ2) is 14.1. The molecular formula is C30H45NO5. The average molecular weight is 500 g/mol. The summed E-state index contributed by atoms with van der Waals surface area (Å²) in [5.41, 5.74) is 1.67. The first-order valence-corrected chi connectivity index (χ1v) is 12.7. The topological polar surface area (TPSA) is 89.6 Å². The zero-order chi connectivity index (χ0) is 27.6. The lowest BCUT2D eigenvalue weighted by molar-refractivity contribution is -0.150. The van der Waals surface area contributed by atoms with Crippen molar-refractivity contribution in [2.75, 3.05) is 0 Å². The predicted octanol–water partition coefficient (Wildman–Crippen LogP) is 6.65. The van der Waals surface area contributed by atoms with E-state index in [2.05, 4.69) is 18.1 Å². The van der Waals surface area contributed by atoms with E-state index in [4.69, 9.17) is 9.15 Å². The maximum Gasteiger partial charge on any atom is 0.306 e. The quantitative estimate of drug-likeness (QED) is 0.165. The highest BCUT2D eigenvalue weighted by Gasteiger charge is 2.40. The Morgan fingerprint density at radius 2 is 1.83 bits per heavy atom. The molecule has 0 saturated carbocycles. The summed E-state index contributed by atoms with van der Waals surface area (Å²) in [5.74, 6) is -0.794. The molecule has 6 heteroatoms. The average Bonchev–Trinajstić information content (AvgIpc) is 3.23. The fourth-order valence-electron chi connectivity index (χ4n) is 4.07. The Morgan fingerprint density at radius 1 is 1.19 bits per heavy atom. The molecule has 0 spiro atoms. The van der Waals surface area contributed by atoms with Crippen LogP contribution in [0.2, 0.25) is 0 Å². The summed E-state index contributed by atoms with van der Waals surface area (Å²) in [5, 5.41) is 10.7. The zero-order valence-corrected chi connectivity index (χ0v) is 23.3. The number of aliphatic hydroxyl groups excluding tert-OH is 1. The summed E-state index contributed by atoms with van der Waals surface area (Å²) in [6.45, 7) is 22.3. The highest BCUT2D eigenvalue weighted by molar-refractivity contribution is 5.87. The lowest BCUT2D eigenvalue weighted by Crippen LogP contribution is -2.42. The third kappa shape index (κ3) is 9.05. The molecule has 0 aromatic carbocycles. The zero-order valence-electron chi connectivity index (χ0n) is 23.3. The number of aromatic nitrogens is 1. The van der Waals surface area contributed by atoms with Crippen LogP contribution in [0.25, 0.3) is 6.08 Å². The minimum atomic E-state index is -0.814. The van der Waals surface area contributed by atoms with Crippen molar-refractivity contribution in [2.45, 2.75) is 86.9 Å². The molecule has 0 bridgehead atoms. The number of carbonyl (C=O) groups excluding carboxylic acids is 2. The molecule has 36 heavy (non-hydrogen) atoms. The molecular weight excluding hydrogens is 454 g/mol. The van der Waals surface area contributed by atoms with Gasteiger partial charge in [0.25, 0.3) is 0 Å². The van der Waals surface area contributed by atoms with Gasteiger partial charge in [0.2, 0.25) is 0 Å². The molecule has 0 aliphatic carbocycles. The van der Waals surface area contributed by atoms with Crippen molar-refractivity contribution >= 4 is 17.8 Å². The van der Waals surface area contributed by atoms with Crippen LogP contribution in [0.5, 0.6) is 0 Å². The largest absolute Gasteiger partial charge is 0.457 e. The van der Waals surface area contributed by atoms with Crippen molar-refractivity contribution < 1.29 is 23.8 Å². The van der Waals surface area contributed by atoms with Gasteiger partial charge in [-0.1, -0.05) is 65.0 Å². The van der Waals surface area contributed by atoms with Crippen LogP contribution in [0.4, 0.5) is 0 Å². The Hall–Kier alpha value is -2.73. The minimum Gasteiger partial charge on any atom is -0.457 e. The number of ether oxygens (including phenoxy) is 1. The number of Topliss-reactive ketones (excluding diaryl/α,β-unsaturated/α-hetero) is 1. The maximum atomic E-state index is 13.3. The molecule has 0 radical (unpaired) electrons. The van der Waals surface area contributed by atoms with E-state index in [0.29, 0.717) is 24.4 Å². The van der Waals surface area contributed by atoms with E-state index < -0.39 is 23.5 Å². The molecule has 0 saturated heterocycles. The maximum absolute atomic E-state index is 13.3. The van der Waals surface area contributed by atoms with Gasteiger partial charge in [0, 0.05) is 31.1 Å². The van der Waals surface area contributed by atoms with Gasteiger partial charge in [-0.3, -0.25) is 9.59 Å². The van der Waals surface area contributed by atoms with Crippen LogP contribution in [0.1, 0.15) is 79.3 Å². The van der Waals surface area contributed by atoms with E-state index >= 15 is 0 Å². The number of carbonyl (C=O) groups is 2. The first-order valence-electron chi connectivity index (χ1n) is 12.7. The number of aryl methyl sites for hydroxylation is 1. The molecule has 0 fully saturated rings. The van der Waals surface area contributed by atoms with Crippen molar-refractivity contribution in [3.05, 3.63) is 60.4 Å². The molecule has 1 aromatic heterocycles. The lowest BCUT2D eigenvalue weighted by atomic mass is 9.69. The van der Waals surface area contributed by atoms with E-state index in [-0.39, 0.29) is 30.0 Å². The Bertz CT molecular complexity index is 968. The van der Waals surface area contributed by atoms with Crippen molar-refractivity contribution in [1.29, 1.82) is 0 Å². The molecule has 1 N–H and O–H groups in total. The van der Waals surface area contributed by atoms with Crippen molar-refractivity contribution in [3.63, 3.8) is 0 Å². The number of aliphatic hydroxyl groups is 1. The number of rotatable bonds is 15. The van der Waals surface area contributed by atoms with Gasteiger partial charge < -0.3 is 14.3 Å². The Kier molecular flexibility index (Phi) is 12.3. The van der Waals surface area contributed by atoms with Gasteiger partial charge in [0.05, 0.1) is 6.10 Å². The third-order valence-corrected chi connectivity index (χ3v) is 7.16. The first kappa shape index (κ1) is 31.3. The van der Waals surface area contributed by atoms with Gasteiger partial charge in [-0.2, -0.15) is 0 Å². The van der Waals surface area contributed by atoms with Gasteiger partial charge in [-0.15, -0.1) is 6.58 Å². The Balaban J connectivity index is 2.98. The molecule has 0 aliphatic rings. The predicted molar refractivity (Wildman–Crippen MR) is 145 cm³/mol. The fourth-order valence-corrected chi connectivity index (χ4v) is 4.07. The van der Waals surface area contributed by atoms with E-state index in [9.17, 15) is 14.7 Å². The van der Waals surface area contributed by atoms with Crippen LogP contribution >= 0.6 is 0 Å². The highest BCUT2D eigenvalue weighted by atomic mass is 16.5. The monoisotopic (exact) mass is 499 g/mol.